The van der Waals surface area contributed by atoms with Gasteiger partial charge >= 0.3 is 0 Å². The quantitative estimate of drug-likeness (QED) is 0.459. The lowest BCUT2D eigenvalue weighted by Crippen LogP contribution is -2.40. The molecule has 0 aromatic heterocycles. The molecule has 176 valence electrons. The minimum atomic E-state index is -0.772. The van der Waals surface area contributed by atoms with Crippen molar-refractivity contribution in [1.29, 1.82) is 0 Å². The normalized spacial score (nSPS) is 17.0. The number of amides is 2. The van der Waals surface area contributed by atoms with Crippen molar-refractivity contribution in [2.75, 3.05) is 18.6 Å². The Morgan fingerprint density at radius 3 is 2.49 bits per heavy atom. The summed E-state index contributed by atoms with van der Waals surface area (Å²) in [6.45, 7) is -0.342. The minimum absolute atomic E-state index is 0.184. The lowest BCUT2D eigenvalue weighted by molar-refractivity contribution is -0.132. The minimum Gasteiger partial charge on any atom is -0.497 e. The smallest absolute Gasteiger partial charge is 0.299 e. The Kier molecular flexibility index (Phi) is 6.05. The Hall–Kier alpha value is -3.68. The van der Waals surface area contributed by atoms with Crippen LogP contribution in [-0.2, 0) is 9.59 Å². The van der Waals surface area contributed by atoms with Crippen molar-refractivity contribution in [2.45, 2.75) is 12.5 Å². The van der Waals surface area contributed by atoms with E-state index >= 15 is 0 Å². The van der Waals surface area contributed by atoms with Crippen molar-refractivity contribution in [3.63, 3.8) is 0 Å². The van der Waals surface area contributed by atoms with Crippen LogP contribution in [0.25, 0.3) is 0 Å². The number of methoxy groups -OCH3 is 1. The average molecular weight is 508 g/mol. The molecule has 7 nitrogen and oxygen atoms in total. The molecule has 9 heteroatoms. The zero-order chi connectivity index (χ0) is 24.7. The molecule has 0 saturated heterocycles. The lowest BCUT2D eigenvalue weighted by atomic mass is 9.98. The molecular formula is C26H19Cl2N3O4. The van der Waals surface area contributed by atoms with E-state index in [2.05, 4.69) is 5.10 Å². The van der Waals surface area contributed by atoms with Crippen LogP contribution < -0.4 is 9.64 Å². The van der Waals surface area contributed by atoms with Crippen LogP contribution in [0.5, 0.6) is 5.75 Å². The predicted molar refractivity (Wildman–Crippen MR) is 133 cm³/mol. The molecule has 2 aliphatic heterocycles. The third-order valence-electron chi connectivity index (χ3n) is 6.08. The first kappa shape index (κ1) is 23.1. The van der Waals surface area contributed by atoms with Gasteiger partial charge in [-0.3, -0.25) is 19.3 Å². The zero-order valence-corrected chi connectivity index (χ0v) is 20.1. The third-order valence-corrected chi connectivity index (χ3v) is 6.64. The molecular weight excluding hydrogens is 489 g/mol. The van der Waals surface area contributed by atoms with Gasteiger partial charge < -0.3 is 4.74 Å². The first-order valence-corrected chi connectivity index (χ1v) is 11.6. The highest BCUT2D eigenvalue weighted by molar-refractivity contribution is 6.53. The van der Waals surface area contributed by atoms with E-state index in [-0.39, 0.29) is 12.1 Å². The summed E-state index contributed by atoms with van der Waals surface area (Å²) in [5.41, 5.74) is 2.77. The number of benzene rings is 3. The Labute approximate surface area is 211 Å². The van der Waals surface area contributed by atoms with Gasteiger partial charge in [0.15, 0.2) is 0 Å². The largest absolute Gasteiger partial charge is 0.497 e. The number of ketones is 1. The average Bonchev–Trinajstić information content (AvgIpc) is 3.40. The molecule has 1 atom stereocenters. The molecule has 2 aliphatic rings. The van der Waals surface area contributed by atoms with Gasteiger partial charge in [0.1, 0.15) is 12.3 Å². The molecule has 0 aliphatic carbocycles. The Balaban J connectivity index is 1.49. The molecule has 0 radical (unpaired) electrons. The van der Waals surface area contributed by atoms with Crippen molar-refractivity contribution < 1.29 is 19.1 Å². The number of nitrogens with zero attached hydrogens (tertiary/aromatic N) is 3. The summed E-state index contributed by atoms with van der Waals surface area (Å²) in [4.78, 5) is 39.8. The maximum atomic E-state index is 13.5. The molecule has 0 bridgehead atoms. The fourth-order valence-electron chi connectivity index (χ4n) is 4.32. The third kappa shape index (κ3) is 4.17. The number of rotatable bonds is 5. The highest BCUT2D eigenvalue weighted by Gasteiger charge is 2.40. The van der Waals surface area contributed by atoms with Crippen molar-refractivity contribution in [2.24, 2.45) is 5.10 Å². The lowest BCUT2D eigenvalue weighted by Gasteiger charge is -2.25. The van der Waals surface area contributed by atoms with Gasteiger partial charge in [-0.25, -0.2) is 5.01 Å². The second-order valence-corrected chi connectivity index (χ2v) is 8.98. The van der Waals surface area contributed by atoms with Crippen LogP contribution in [0.4, 0.5) is 5.69 Å². The van der Waals surface area contributed by atoms with Crippen LogP contribution in [-0.4, -0.2) is 42.0 Å². The summed E-state index contributed by atoms with van der Waals surface area (Å²) < 4.78 is 5.25. The molecule has 0 N–H and O–H groups in total. The second-order valence-electron chi connectivity index (χ2n) is 8.14. The van der Waals surface area contributed by atoms with Crippen molar-refractivity contribution in [3.8, 4) is 5.75 Å². The number of halogens is 2. The Morgan fingerprint density at radius 1 is 1.03 bits per heavy atom. The van der Waals surface area contributed by atoms with E-state index in [1.54, 1.807) is 25.3 Å². The number of hydrogen-bond acceptors (Lipinski definition) is 5. The van der Waals surface area contributed by atoms with Gasteiger partial charge in [0, 0.05) is 22.0 Å². The number of carbonyl (C=O) groups is 3. The number of hydrazone groups is 1. The van der Waals surface area contributed by atoms with Gasteiger partial charge in [-0.1, -0.05) is 53.5 Å². The maximum Gasteiger partial charge on any atom is 0.299 e. The van der Waals surface area contributed by atoms with Gasteiger partial charge in [0.25, 0.3) is 17.6 Å². The van der Waals surface area contributed by atoms with Crippen molar-refractivity contribution in [3.05, 3.63) is 93.5 Å². The van der Waals surface area contributed by atoms with E-state index in [9.17, 15) is 14.4 Å². The Morgan fingerprint density at radius 2 is 1.77 bits per heavy atom. The standard InChI is InChI=1S/C26H19Cl2N3O4/c1-35-17-9-6-15(7-10-17)23-13-21(18-4-2-3-5-20(18)28)29-31(23)24(32)14-30-22-11-8-16(27)12-19(22)25(33)26(30)34/h2-12,23H,13-14H2,1H3. The topological polar surface area (TPSA) is 79.3 Å². The molecule has 0 fully saturated rings. The van der Waals surface area contributed by atoms with Crippen LogP contribution in [0.1, 0.15) is 33.9 Å². The van der Waals surface area contributed by atoms with Gasteiger partial charge in [-0.2, -0.15) is 5.10 Å². The fourth-order valence-corrected chi connectivity index (χ4v) is 4.74. The molecule has 35 heavy (non-hydrogen) atoms. The second kappa shape index (κ2) is 9.17. The van der Waals surface area contributed by atoms with Crippen LogP contribution in [0, 0.1) is 0 Å². The number of anilines is 1. The summed E-state index contributed by atoms with van der Waals surface area (Å²) in [7, 11) is 1.58. The number of hydrogen-bond donors (Lipinski definition) is 0. The van der Waals surface area contributed by atoms with E-state index in [0.717, 1.165) is 11.1 Å². The summed E-state index contributed by atoms with van der Waals surface area (Å²) in [6.07, 6.45) is 0.431. The van der Waals surface area contributed by atoms with E-state index in [4.69, 9.17) is 27.9 Å². The number of ether oxygens (including phenoxy) is 1. The van der Waals surface area contributed by atoms with Gasteiger partial charge in [0.2, 0.25) is 0 Å². The SMILES string of the molecule is COc1ccc(C2CC(c3ccccc3Cl)=NN2C(=O)CN2C(=O)C(=O)c3cc(Cl)ccc32)cc1. The fraction of sp³-hybridized carbons (Fsp3) is 0.154. The first-order chi connectivity index (χ1) is 16.9. The first-order valence-electron chi connectivity index (χ1n) is 10.8. The molecule has 0 spiro atoms. The number of Topliss-reactive ketones (excluding diaryl/α,β-unsaturated/α-hetero) is 1. The maximum absolute atomic E-state index is 13.5. The van der Waals surface area contributed by atoms with E-state index in [1.807, 2.05) is 42.5 Å². The molecule has 0 saturated carbocycles. The summed E-state index contributed by atoms with van der Waals surface area (Å²) >= 11 is 12.4. The molecule has 3 aromatic rings. The summed E-state index contributed by atoms with van der Waals surface area (Å²) in [5, 5.41) is 6.85. The Bertz CT molecular complexity index is 1390. The van der Waals surface area contributed by atoms with Crippen LogP contribution >= 0.6 is 23.2 Å². The molecule has 2 amide bonds. The van der Waals surface area contributed by atoms with Crippen LogP contribution in [0.2, 0.25) is 10.0 Å². The summed E-state index contributed by atoms with van der Waals surface area (Å²) in [5.74, 6) is -1.21. The predicted octanol–water partition coefficient (Wildman–Crippen LogP) is 4.91. The van der Waals surface area contributed by atoms with Crippen molar-refractivity contribution >= 4 is 52.2 Å². The summed E-state index contributed by atoms with van der Waals surface area (Å²) in [6, 6.07) is 18.8. The molecule has 3 aromatic carbocycles. The van der Waals surface area contributed by atoms with Crippen LogP contribution in [0.15, 0.2) is 71.8 Å². The van der Waals surface area contributed by atoms with Gasteiger partial charge in [-0.15, -0.1) is 0 Å². The molecule has 2 heterocycles. The number of fused-ring (bicyclic) bond motifs is 1. The van der Waals surface area contributed by atoms with Crippen molar-refractivity contribution in [1.82, 2.24) is 5.01 Å². The van der Waals surface area contributed by atoms with E-state index < -0.39 is 23.6 Å². The zero-order valence-electron chi connectivity index (χ0n) is 18.6. The van der Waals surface area contributed by atoms with Gasteiger partial charge in [-0.05, 0) is 42.0 Å². The van der Waals surface area contributed by atoms with E-state index in [1.165, 1.54) is 16.0 Å². The van der Waals surface area contributed by atoms with Crippen LogP contribution in [0.3, 0.4) is 0 Å². The monoisotopic (exact) mass is 507 g/mol. The number of carbonyl (C=O) groups excluding carboxylic acids is 3. The molecule has 5 rings (SSSR count). The van der Waals surface area contributed by atoms with Gasteiger partial charge in [0.05, 0.1) is 30.1 Å². The highest BCUT2D eigenvalue weighted by Crippen LogP contribution is 2.36. The highest BCUT2D eigenvalue weighted by atomic mass is 35.5. The van der Waals surface area contributed by atoms with E-state index in [0.29, 0.717) is 33.6 Å². The molecule has 1 unspecified atom stereocenters.